The van der Waals surface area contributed by atoms with Crippen LogP contribution in [0.15, 0.2) is 67.0 Å². The molecule has 0 unspecified atom stereocenters. The van der Waals surface area contributed by atoms with Crippen molar-refractivity contribution in [2.75, 3.05) is 0 Å². The standard InChI is InChI=1S/C20H19N3O2/c1-15-11-22-19(13-21-15)20(24)23-12-16-7-5-6-8-17(16)14-25-18-9-3-2-4-10-18/h2-11,13H,12,14H2,1H3,(H,23,24). The van der Waals surface area contributed by atoms with Crippen LogP contribution in [0.4, 0.5) is 0 Å². The van der Waals surface area contributed by atoms with Crippen LogP contribution in [0.2, 0.25) is 0 Å². The number of ether oxygens (including phenoxy) is 1. The SMILES string of the molecule is Cc1cnc(C(=O)NCc2ccccc2COc2ccccc2)cn1. The summed E-state index contributed by atoms with van der Waals surface area (Å²) < 4.78 is 5.80. The lowest BCUT2D eigenvalue weighted by molar-refractivity contribution is 0.0945. The molecule has 0 fully saturated rings. The van der Waals surface area contributed by atoms with Crippen molar-refractivity contribution in [3.8, 4) is 5.75 Å². The van der Waals surface area contributed by atoms with Crippen molar-refractivity contribution in [3.63, 3.8) is 0 Å². The van der Waals surface area contributed by atoms with Gasteiger partial charge in [0.15, 0.2) is 0 Å². The number of nitrogens with zero attached hydrogens (tertiary/aromatic N) is 2. The molecule has 3 rings (SSSR count). The van der Waals surface area contributed by atoms with Gasteiger partial charge in [-0.25, -0.2) is 4.98 Å². The quantitative estimate of drug-likeness (QED) is 0.752. The van der Waals surface area contributed by atoms with E-state index in [0.29, 0.717) is 18.8 Å². The molecule has 1 N–H and O–H groups in total. The monoisotopic (exact) mass is 333 g/mol. The highest BCUT2D eigenvalue weighted by Gasteiger charge is 2.09. The van der Waals surface area contributed by atoms with Gasteiger partial charge in [-0.2, -0.15) is 0 Å². The highest BCUT2D eigenvalue weighted by atomic mass is 16.5. The number of hydrogen-bond donors (Lipinski definition) is 1. The summed E-state index contributed by atoms with van der Waals surface area (Å²) in [5.74, 6) is 0.572. The zero-order valence-corrected chi connectivity index (χ0v) is 14.0. The minimum atomic E-state index is -0.244. The van der Waals surface area contributed by atoms with Crippen molar-refractivity contribution < 1.29 is 9.53 Å². The lowest BCUT2D eigenvalue weighted by Gasteiger charge is -2.12. The fourth-order valence-electron chi connectivity index (χ4n) is 2.32. The maximum Gasteiger partial charge on any atom is 0.271 e. The molecule has 0 spiro atoms. The van der Waals surface area contributed by atoms with Gasteiger partial charge in [0.2, 0.25) is 0 Å². The third kappa shape index (κ3) is 4.64. The predicted molar refractivity (Wildman–Crippen MR) is 95.2 cm³/mol. The Kier molecular flexibility index (Phi) is 5.36. The lowest BCUT2D eigenvalue weighted by Crippen LogP contribution is -2.24. The van der Waals surface area contributed by atoms with Crippen LogP contribution >= 0.6 is 0 Å². The zero-order valence-electron chi connectivity index (χ0n) is 14.0. The fourth-order valence-corrected chi connectivity index (χ4v) is 2.32. The first-order valence-corrected chi connectivity index (χ1v) is 8.04. The van der Waals surface area contributed by atoms with Crippen LogP contribution in [0, 0.1) is 6.92 Å². The van der Waals surface area contributed by atoms with E-state index >= 15 is 0 Å². The second-order valence-corrected chi connectivity index (χ2v) is 5.60. The summed E-state index contributed by atoms with van der Waals surface area (Å²) in [5, 5.41) is 2.88. The van der Waals surface area contributed by atoms with Gasteiger partial charge < -0.3 is 10.1 Å². The Hall–Kier alpha value is -3.21. The average Bonchev–Trinajstić information content (AvgIpc) is 2.66. The highest BCUT2D eigenvalue weighted by molar-refractivity contribution is 5.91. The Morgan fingerprint density at radius 2 is 1.68 bits per heavy atom. The van der Waals surface area contributed by atoms with Gasteiger partial charge in [-0.15, -0.1) is 0 Å². The fraction of sp³-hybridized carbons (Fsp3) is 0.150. The number of aryl methyl sites for hydroxylation is 1. The topological polar surface area (TPSA) is 64.1 Å². The molecule has 1 heterocycles. The van der Waals surface area contributed by atoms with Crippen LogP contribution in [-0.2, 0) is 13.2 Å². The number of hydrogen-bond acceptors (Lipinski definition) is 4. The van der Waals surface area contributed by atoms with E-state index in [1.807, 2.05) is 61.5 Å². The summed E-state index contributed by atoms with van der Waals surface area (Å²) in [4.78, 5) is 20.4. The summed E-state index contributed by atoms with van der Waals surface area (Å²) in [7, 11) is 0. The van der Waals surface area contributed by atoms with E-state index in [0.717, 1.165) is 22.6 Å². The van der Waals surface area contributed by atoms with Crippen LogP contribution in [0.3, 0.4) is 0 Å². The first kappa shape index (κ1) is 16.6. The summed E-state index contributed by atoms with van der Waals surface area (Å²) in [6.45, 7) is 2.68. The molecule has 5 heteroatoms. The Morgan fingerprint density at radius 3 is 2.40 bits per heavy atom. The van der Waals surface area contributed by atoms with Crippen LogP contribution < -0.4 is 10.1 Å². The maximum atomic E-state index is 12.2. The van der Waals surface area contributed by atoms with E-state index in [9.17, 15) is 4.79 Å². The third-order valence-corrected chi connectivity index (χ3v) is 3.71. The third-order valence-electron chi connectivity index (χ3n) is 3.71. The molecule has 126 valence electrons. The van der Waals surface area contributed by atoms with Crippen molar-refractivity contribution in [2.45, 2.75) is 20.1 Å². The molecule has 1 aromatic heterocycles. The van der Waals surface area contributed by atoms with Crippen molar-refractivity contribution in [1.82, 2.24) is 15.3 Å². The molecule has 0 saturated heterocycles. The molecular weight excluding hydrogens is 314 g/mol. The van der Waals surface area contributed by atoms with Crippen molar-refractivity contribution in [3.05, 3.63) is 89.5 Å². The largest absolute Gasteiger partial charge is 0.489 e. The number of nitrogens with one attached hydrogen (secondary N) is 1. The molecule has 0 radical (unpaired) electrons. The molecule has 3 aromatic rings. The summed E-state index contributed by atoms with van der Waals surface area (Å²) in [6, 6.07) is 17.5. The number of carbonyl (C=O) groups excluding carboxylic acids is 1. The molecule has 0 aliphatic carbocycles. The molecule has 2 aromatic carbocycles. The Labute approximate surface area is 146 Å². The van der Waals surface area contributed by atoms with Gasteiger partial charge in [0, 0.05) is 12.7 Å². The molecule has 0 aliphatic heterocycles. The van der Waals surface area contributed by atoms with Crippen LogP contribution in [0.25, 0.3) is 0 Å². The molecule has 0 saturated carbocycles. The van der Waals surface area contributed by atoms with Gasteiger partial charge in [-0.1, -0.05) is 42.5 Å². The Balaban J connectivity index is 1.62. The van der Waals surface area contributed by atoms with Crippen LogP contribution in [0.5, 0.6) is 5.75 Å². The van der Waals surface area contributed by atoms with E-state index in [4.69, 9.17) is 4.74 Å². The predicted octanol–water partition coefficient (Wildman–Crippen LogP) is 3.29. The van der Waals surface area contributed by atoms with Crippen molar-refractivity contribution >= 4 is 5.91 Å². The van der Waals surface area contributed by atoms with E-state index in [-0.39, 0.29) is 5.91 Å². The number of benzene rings is 2. The van der Waals surface area contributed by atoms with Crippen LogP contribution in [-0.4, -0.2) is 15.9 Å². The summed E-state index contributed by atoms with van der Waals surface area (Å²) in [6.07, 6.45) is 3.06. The average molecular weight is 333 g/mol. The van der Waals surface area contributed by atoms with Gasteiger partial charge in [-0.3, -0.25) is 9.78 Å². The minimum absolute atomic E-state index is 0.244. The maximum absolute atomic E-state index is 12.2. The molecule has 5 nitrogen and oxygen atoms in total. The second-order valence-electron chi connectivity index (χ2n) is 5.60. The molecule has 0 aliphatic rings. The number of amides is 1. The summed E-state index contributed by atoms with van der Waals surface area (Å²) >= 11 is 0. The Morgan fingerprint density at radius 1 is 0.960 bits per heavy atom. The molecule has 0 atom stereocenters. The first-order valence-electron chi connectivity index (χ1n) is 8.04. The van der Waals surface area contributed by atoms with Gasteiger partial charge in [0.25, 0.3) is 5.91 Å². The van der Waals surface area contributed by atoms with Crippen molar-refractivity contribution in [2.24, 2.45) is 0 Å². The van der Waals surface area contributed by atoms with E-state index in [2.05, 4.69) is 15.3 Å². The smallest absolute Gasteiger partial charge is 0.271 e. The molecule has 25 heavy (non-hydrogen) atoms. The summed E-state index contributed by atoms with van der Waals surface area (Å²) in [5.41, 5.74) is 3.12. The van der Waals surface area contributed by atoms with E-state index < -0.39 is 0 Å². The van der Waals surface area contributed by atoms with Gasteiger partial charge in [0.05, 0.1) is 11.9 Å². The van der Waals surface area contributed by atoms with Gasteiger partial charge in [0.1, 0.15) is 18.1 Å². The van der Waals surface area contributed by atoms with E-state index in [1.54, 1.807) is 6.20 Å². The van der Waals surface area contributed by atoms with Crippen molar-refractivity contribution in [1.29, 1.82) is 0 Å². The second kappa shape index (κ2) is 8.06. The number of rotatable bonds is 6. The number of aromatic nitrogens is 2. The Bertz CT molecular complexity index is 833. The van der Waals surface area contributed by atoms with Crippen LogP contribution in [0.1, 0.15) is 27.3 Å². The highest BCUT2D eigenvalue weighted by Crippen LogP contribution is 2.14. The molecule has 1 amide bonds. The number of para-hydroxylation sites is 1. The van der Waals surface area contributed by atoms with Gasteiger partial charge in [-0.05, 0) is 30.2 Å². The molecular formula is C20H19N3O2. The normalized spacial score (nSPS) is 10.3. The van der Waals surface area contributed by atoms with Gasteiger partial charge >= 0.3 is 0 Å². The molecule has 0 bridgehead atoms. The minimum Gasteiger partial charge on any atom is -0.489 e. The zero-order chi connectivity index (χ0) is 17.5. The number of carbonyl (C=O) groups is 1. The lowest BCUT2D eigenvalue weighted by atomic mass is 10.1. The first-order chi connectivity index (χ1) is 12.2. The van der Waals surface area contributed by atoms with E-state index in [1.165, 1.54) is 6.20 Å².